The first kappa shape index (κ1) is 7.51. The van der Waals surface area contributed by atoms with Crippen LogP contribution >= 0.6 is 10.8 Å². The van der Waals surface area contributed by atoms with Crippen LogP contribution in [0.15, 0.2) is 35.2 Å². The highest BCUT2D eigenvalue weighted by molar-refractivity contribution is 8.10. The third kappa shape index (κ3) is 1.69. The van der Waals surface area contributed by atoms with Crippen LogP contribution in [0.4, 0.5) is 0 Å². The van der Waals surface area contributed by atoms with Crippen molar-refractivity contribution in [3.8, 4) is 0 Å². The van der Waals surface area contributed by atoms with Crippen LogP contribution in [-0.4, -0.2) is 9.92 Å². The fraction of sp³-hybridized carbons (Fsp3) is 0.125. The molecule has 0 aliphatic rings. The highest BCUT2D eigenvalue weighted by Crippen LogP contribution is 2.19. The third-order valence-corrected chi connectivity index (χ3v) is 2.41. The lowest BCUT2D eigenvalue weighted by Gasteiger charge is -1.97. The Morgan fingerprint density at radius 3 is 2.40 bits per heavy atom. The van der Waals surface area contributed by atoms with E-state index in [0.717, 1.165) is 4.90 Å². The Morgan fingerprint density at radius 1 is 1.30 bits per heavy atom. The van der Waals surface area contributed by atoms with Crippen LogP contribution in [0.3, 0.4) is 0 Å². The Bertz CT molecular complexity index is 228. The van der Waals surface area contributed by atoms with Gasteiger partial charge in [-0.1, -0.05) is 18.2 Å². The molecule has 0 aromatic heterocycles. The summed E-state index contributed by atoms with van der Waals surface area (Å²) < 4.78 is 9.30. The molecule has 54 valence electrons. The second-order valence-electron chi connectivity index (χ2n) is 1.86. The minimum atomic E-state index is -0.665. The molecular weight excluding hydrogens is 144 g/mol. The van der Waals surface area contributed by atoms with E-state index in [-0.39, 0.29) is 0 Å². The standard InChI is InChI=1S/C8H10OS/c1-2-10(9)8-6-4-3-5-7-8/h2-7,9H,1H3. The molecule has 1 aromatic rings. The second kappa shape index (κ2) is 3.54. The van der Waals surface area contributed by atoms with E-state index in [4.69, 9.17) is 0 Å². The quantitative estimate of drug-likeness (QED) is 0.616. The van der Waals surface area contributed by atoms with Crippen molar-refractivity contribution in [1.82, 2.24) is 0 Å². The van der Waals surface area contributed by atoms with E-state index >= 15 is 0 Å². The average molecular weight is 154 g/mol. The molecule has 0 aliphatic heterocycles. The molecule has 0 heterocycles. The van der Waals surface area contributed by atoms with E-state index in [9.17, 15) is 4.55 Å². The van der Waals surface area contributed by atoms with Gasteiger partial charge < -0.3 is 4.55 Å². The fourth-order valence-electron chi connectivity index (χ4n) is 0.696. The van der Waals surface area contributed by atoms with Gasteiger partial charge in [0, 0.05) is 4.90 Å². The van der Waals surface area contributed by atoms with E-state index < -0.39 is 10.8 Å². The Balaban J connectivity index is 2.96. The Hall–Kier alpha value is -0.600. The minimum Gasteiger partial charge on any atom is -0.333 e. The van der Waals surface area contributed by atoms with Crippen molar-refractivity contribution < 1.29 is 4.55 Å². The molecule has 1 nitrogen and oxygen atoms in total. The van der Waals surface area contributed by atoms with Gasteiger partial charge in [0.15, 0.2) is 0 Å². The van der Waals surface area contributed by atoms with Gasteiger partial charge in [-0.2, -0.15) is 0 Å². The Labute approximate surface area is 63.5 Å². The predicted octanol–water partition coefficient (Wildman–Crippen LogP) is 2.61. The van der Waals surface area contributed by atoms with Crippen molar-refractivity contribution in [2.75, 3.05) is 0 Å². The molecule has 0 saturated carbocycles. The topological polar surface area (TPSA) is 20.2 Å². The van der Waals surface area contributed by atoms with Crippen molar-refractivity contribution >= 4 is 16.1 Å². The van der Waals surface area contributed by atoms with E-state index in [1.807, 2.05) is 37.3 Å². The molecular formula is C8H10OS. The van der Waals surface area contributed by atoms with E-state index in [0.29, 0.717) is 0 Å². The third-order valence-electron chi connectivity index (χ3n) is 1.21. The van der Waals surface area contributed by atoms with Crippen LogP contribution in [0, 0.1) is 0 Å². The van der Waals surface area contributed by atoms with Gasteiger partial charge in [0.05, 0.1) is 0 Å². The van der Waals surface area contributed by atoms with Gasteiger partial charge in [0.2, 0.25) is 0 Å². The van der Waals surface area contributed by atoms with Gasteiger partial charge in [-0.05, 0) is 35.2 Å². The fourth-order valence-corrected chi connectivity index (χ4v) is 1.40. The lowest BCUT2D eigenvalue weighted by Crippen LogP contribution is -1.72. The maximum Gasteiger partial charge on any atom is 0.0267 e. The van der Waals surface area contributed by atoms with Gasteiger partial charge in [-0.15, -0.1) is 0 Å². The highest BCUT2D eigenvalue weighted by Gasteiger charge is 1.89. The van der Waals surface area contributed by atoms with Crippen molar-refractivity contribution in [3.63, 3.8) is 0 Å². The predicted molar refractivity (Wildman–Crippen MR) is 46.7 cm³/mol. The monoisotopic (exact) mass is 154 g/mol. The summed E-state index contributed by atoms with van der Waals surface area (Å²) in [6.45, 7) is 1.86. The van der Waals surface area contributed by atoms with Crippen LogP contribution < -0.4 is 0 Å². The molecule has 0 fully saturated rings. The second-order valence-corrected chi connectivity index (χ2v) is 3.44. The summed E-state index contributed by atoms with van der Waals surface area (Å²) in [6.07, 6.45) is 0. The molecule has 0 aliphatic carbocycles. The normalized spacial score (nSPS) is 13.4. The lowest BCUT2D eigenvalue weighted by molar-refractivity contribution is 0.660. The van der Waals surface area contributed by atoms with Crippen LogP contribution in [0.1, 0.15) is 6.92 Å². The van der Waals surface area contributed by atoms with E-state index in [1.54, 1.807) is 5.37 Å². The number of hydrogen-bond donors (Lipinski definition) is 1. The molecule has 10 heavy (non-hydrogen) atoms. The first-order valence-corrected chi connectivity index (χ1v) is 4.36. The summed E-state index contributed by atoms with van der Waals surface area (Å²) in [5.41, 5.74) is 0. The van der Waals surface area contributed by atoms with Crippen LogP contribution in [-0.2, 0) is 0 Å². The molecule has 1 unspecified atom stereocenters. The SMILES string of the molecule is C/C=S(\O)c1ccccc1. The van der Waals surface area contributed by atoms with Crippen molar-refractivity contribution in [2.24, 2.45) is 0 Å². The van der Waals surface area contributed by atoms with Crippen molar-refractivity contribution in [3.05, 3.63) is 30.3 Å². The summed E-state index contributed by atoms with van der Waals surface area (Å²) in [5, 5.41) is 1.79. The van der Waals surface area contributed by atoms with Crippen LogP contribution in [0.5, 0.6) is 0 Å². The number of rotatable bonds is 1. The van der Waals surface area contributed by atoms with Crippen LogP contribution in [0.25, 0.3) is 0 Å². The molecule has 0 radical (unpaired) electrons. The zero-order valence-electron chi connectivity index (χ0n) is 5.82. The van der Waals surface area contributed by atoms with E-state index in [1.165, 1.54) is 0 Å². The average Bonchev–Trinajstić information content (AvgIpc) is 2.05. The van der Waals surface area contributed by atoms with Gasteiger partial charge >= 0.3 is 0 Å². The summed E-state index contributed by atoms with van der Waals surface area (Å²) in [4.78, 5) is 0.977. The van der Waals surface area contributed by atoms with Gasteiger partial charge in [-0.25, -0.2) is 0 Å². The van der Waals surface area contributed by atoms with E-state index in [2.05, 4.69) is 0 Å². The minimum absolute atomic E-state index is 0.665. The first-order chi connectivity index (χ1) is 4.84. The van der Waals surface area contributed by atoms with Crippen LogP contribution in [0.2, 0.25) is 0 Å². The molecule has 0 amide bonds. The van der Waals surface area contributed by atoms with Gasteiger partial charge in [0.1, 0.15) is 0 Å². The molecule has 1 aromatic carbocycles. The largest absolute Gasteiger partial charge is 0.333 e. The highest BCUT2D eigenvalue weighted by atomic mass is 32.2. The lowest BCUT2D eigenvalue weighted by atomic mass is 10.4. The summed E-state index contributed by atoms with van der Waals surface area (Å²) in [6, 6.07) is 9.63. The summed E-state index contributed by atoms with van der Waals surface area (Å²) in [7, 11) is -0.665. The molecule has 1 N–H and O–H groups in total. The van der Waals surface area contributed by atoms with Crippen molar-refractivity contribution in [1.29, 1.82) is 0 Å². The molecule has 1 rings (SSSR count). The van der Waals surface area contributed by atoms with Crippen molar-refractivity contribution in [2.45, 2.75) is 11.8 Å². The van der Waals surface area contributed by atoms with Gasteiger partial charge in [-0.3, -0.25) is 0 Å². The molecule has 0 bridgehead atoms. The molecule has 1 atom stereocenters. The maximum absolute atomic E-state index is 9.30. The molecule has 2 heteroatoms. The number of hydrogen-bond acceptors (Lipinski definition) is 1. The number of benzene rings is 1. The Morgan fingerprint density at radius 2 is 1.90 bits per heavy atom. The summed E-state index contributed by atoms with van der Waals surface area (Å²) in [5.74, 6) is 0. The van der Waals surface area contributed by atoms with Gasteiger partial charge in [0.25, 0.3) is 0 Å². The molecule has 0 saturated heterocycles. The zero-order chi connectivity index (χ0) is 7.40. The molecule has 0 spiro atoms. The first-order valence-electron chi connectivity index (χ1n) is 3.11. The summed E-state index contributed by atoms with van der Waals surface area (Å²) >= 11 is 0. The smallest absolute Gasteiger partial charge is 0.0267 e. The maximum atomic E-state index is 9.30. The zero-order valence-corrected chi connectivity index (χ0v) is 6.64. The Kier molecular flexibility index (Phi) is 2.66.